The number of rotatable bonds is 58. The van der Waals surface area contributed by atoms with Crippen molar-refractivity contribution in [2.45, 2.75) is 316 Å². The molecule has 6 nitrogen and oxygen atoms in total. The van der Waals surface area contributed by atoms with Crippen molar-refractivity contribution in [3.8, 4) is 0 Å². The van der Waals surface area contributed by atoms with E-state index in [1.165, 1.54) is 154 Å². The summed E-state index contributed by atoms with van der Waals surface area (Å²) in [6.07, 6.45) is 85.5. The normalized spacial score (nSPS) is 12.7. The summed E-state index contributed by atoms with van der Waals surface area (Å²) in [5.41, 5.74) is 0. The molecule has 76 heavy (non-hydrogen) atoms. The molecule has 436 valence electrons. The van der Waals surface area contributed by atoms with Gasteiger partial charge in [-0.1, -0.05) is 285 Å². The van der Waals surface area contributed by atoms with E-state index >= 15 is 0 Å². The van der Waals surface area contributed by atoms with Crippen LogP contribution < -0.4 is 0 Å². The molecule has 1 atom stereocenters. The topological polar surface area (TPSA) is 78.9 Å². The molecule has 0 aliphatic heterocycles. The van der Waals surface area contributed by atoms with Crippen molar-refractivity contribution in [1.29, 1.82) is 0 Å². The highest BCUT2D eigenvalue weighted by Gasteiger charge is 2.19. The van der Waals surface area contributed by atoms with E-state index in [0.29, 0.717) is 19.3 Å². The average molecular weight is 1060 g/mol. The summed E-state index contributed by atoms with van der Waals surface area (Å²) in [6, 6.07) is 0. The van der Waals surface area contributed by atoms with Crippen LogP contribution in [0.5, 0.6) is 0 Å². The van der Waals surface area contributed by atoms with Gasteiger partial charge in [0.15, 0.2) is 6.10 Å². The molecule has 0 bridgehead atoms. The Bertz CT molecular complexity index is 1490. The fraction of sp³-hybridized carbons (Fsp3) is 0.729. The first kappa shape index (κ1) is 72.3. The van der Waals surface area contributed by atoms with Crippen LogP contribution in [0.25, 0.3) is 0 Å². The van der Waals surface area contributed by atoms with Gasteiger partial charge in [0, 0.05) is 19.3 Å². The fourth-order valence-electron chi connectivity index (χ4n) is 9.01. The third-order valence-corrected chi connectivity index (χ3v) is 13.8. The van der Waals surface area contributed by atoms with E-state index in [9.17, 15) is 14.4 Å². The molecule has 0 saturated heterocycles. The smallest absolute Gasteiger partial charge is 0.306 e. The van der Waals surface area contributed by atoms with E-state index in [0.717, 1.165) is 116 Å². The largest absolute Gasteiger partial charge is 0.462 e. The van der Waals surface area contributed by atoms with Crippen molar-refractivity contribution in [3.05, 3.63) is 97.2 Å². The molecule has 0 radical (unpaired) electrons. The first-order valence-corrected chi connectivity index (χ1v) is 32.2. The molecule has 0 aromatic carbocycles. The monoisotopic (exact) mass is 1060 g/mol. The number of unbranched alkanes of at least 4 members (excludes halogenated alkanes) is 31. The molecule has 0 saturated carbocycles. The second kappa shape index (κ2) is 63.9. The molecular formula is C70H120O6. The van der Waals surface area contributed by atoms with Crippen LogP contribution in [0.4, 0.5) is 0 Å². The van der Waals surface area contributed by atoms with Crippen LogP contribution in [-0.4, -0.2) is 37.2 Å². The SMILES string of the molecule is CC/C=C\C/C=C\C/C=C\C/C=C\C/C=C\C/C=C\C/C=C\CCCCCCCCCC(=O)OCC(COC(=O)CCCCCCC/C=C\CCCCCCC)OC(=O)CCCCCCCCCCCCCCCCC. The Labute approximate surface area is 470 Å². The molecule has 0 aromatic rings. The number of carbonyl (C=O) groups is 3. The van der Waals surface area contributed by atoms with E-state index in [1.54, 1.807) is 0 Å². The Kier molecular flexibility index (Phi) is 60.8. The molecular weight excluding hydrogens is 937 g/mol. The molecule has 0 spiro atoms. The molecule has 0 aliphatic carbocycles. The number of esters is 3. The first-order valence-electron chi connectivity index (χ1n) is 32.2. The lowest BCUT2D eigenvalue weighted by atomic mass is 10.0. The lowest BCUT2D eigenvalue weighted by Gasteiger charge is -2.18. The van der Waals surface area contributed by atoms with Crippen molar-refractivity contribution in [3.63, 3.8) is 0 Å². The Morgan fingerprint density at radius 2 is 0.513 bits per heavy atom. The summed E-state index contributed by atoms with van der Waals surface area (Å²) in [5.74, 6) is -0.890. The fourth-order valence-corrected chi connectivity index (χ4v) is 9.01. The van der Waals surface area contributed by atoms with Gasteiger partial charge >= 0.3 is 17.9 Å². The van der Waals surface area contributed by atoms with Gasteiger partial charge in [0.25, 0.3) is 0 Å². The minimum Gasteiger partial charge on any atom is -0.462 e. The van der Waals surface area contributed by atoms with Crippen LogP contribution in [0.15, 0.2) is 97.2 Å². The van der Waals surface area contributed by atoms with Gasteiger partial charge in [-0.25, -0.2) is 0 Å². The number of ether oxygens (including phenoxy) is 3. The highest BCUT2D eigenvalue weighted by Crippen LogP contribution is 2.16. The number of hydrogen-bond acceptors (Lipinski definition) is 6. The maximum atomic E-state index is 12.9. The third-order valence-electron chi connectivity index (χ3n) is 13.8. The van der Waals surface area contributed by atoms with Crippen LogP contribution in [0.1, 0.15) is 310 Å². The molecule has 0 aliphatic rings. The minimum atomic E-state index is -0.785. The quantitative estimate of drug-likeness (QED) is 0.0261. The van der Waals surface area contributed by atoms with E-state index in [2.05, 4.69) is 118 Å². The summed E-state index contributed by atoms with van der Waals surface area (Å²) >= 11 is 0. The maximum absolute atomic E-state index is 12.9. The van der Waals surface area contributed by atoms with Gasteiger partial charge in [-0.2, -0.15) is 0 Å². The van der Waals surface area contributed by atoms with Crippen LogP contribution in [0.3, 0.4) is 0 Å². The Hall–Kier alpha value is -3.67. The third kappa shape index (κ3) is 61.2. The van der Waals surface area contributed by atoms with Gasteiger partial charge in [-0.05, 0) is 103 Å². The average Bonchev–Trinajstić information content (AvgIpc) is 3.42. The highest BCUT2D eigenvalue weighted by molar-refractivity contribution is 5.71. The summed E-state index contributed by atoms with van der Waals surface area (Å²) in [7, 11) is 0. The second-order valence-corrected chi connectivity index (χ2v) is 21.3. The van der Waals surface area contributed by atoms with Crippen LogP contribution in [0, 0.1) is 0 Å². The first-order chi connectivity index (χ1) is 37.5. The molecule has 6 heteroatoms. The van der Waals surface area contributed by atoms with E-state index in [1.807, 2.05) is 0 Å². The predicted octanol–water partition coefficient (Wildman–Crippen LogP) is 22.0. The molecule has 0 aromatic heterocycles. The zero-order valence-corrected chi connectivity index (χ0v) is 50.0. The Morgan fingerprint density at radius 1 is 0.276 bits per heavy atom. The minimum absolute atomic E-state index is 0.0824. The molecule has 1 unspecified atom stereocenters. The lowest BCUT2D eigenvalue weighted by molar-refractivity contribution is -0.167. The van der Waals surface area contributed by atoms with Crippen molar-refractivity contribution < 1.29 is 28.6 Å². The van der Waals surface area contributed by atoms with Crippen LogP contribution in [0.2, 0.25) is 0 Å². The van der Waals surface area contributed by atoms with E-state index < -0.39 is 6.10 Å². The van der Waals surface area contributed by atoms with Crippen LogP contribution >= 0.6 is 0 Å². The van der Waals surface area contributed by atoms with E-state index in [4.69, 9.17) is 14.2 Å². The highest BCUT2D eigenvalue weighted by atomic mass is 16.6. The lowest BCUT2D eigenvalue weighted by Crippen LogP contribution is -2.30. The number of allylic oxidation sites excluding steroid dienone is 16. The zero-order valence-electron chi connectivity index (χ0n) is 50.0. The maximum Gasteiger partial charge on any atom is 0.306 e. The molecule has 0 fully saturated rings. The zero-order chi connectivity index (χ0) is 55.0. The molecule has 0 amide bonds. The molecule has 0 N–H and O–H groups in total. The van der Waals surface area contributed by atoms with Gasteiger partial charge in [0.2, 0.25) is 0 Å². The van der Waals surface area contributed by atoms with Gasteiger partial charge in [0.05, 0.1) is 0 Å². The van der Waals surface area contributed by atoms with Gasteiger partial charge in [-0.15, -0.1) is 0 Å². The van der Waals surface area contributed by atoms with Crippen molar-refractivity contribution >= 4 is 17.9 Å². The summed E-state index contributed by atoms with van der Waals surface area (Å²) in [5, 5.41) is 0. The predicted molar refractivity (Wildman–Crippen MR) is 330 cm³/mol. The number of hydrogen-bond donors (Lipinski definition) is 0. The molecule has 0 heterocycles. The van der Waals surface area contributed by atoms with Crippen LogP contribution in [-0.2, 0) is 28.6 Å². The standard InChI is InChI=1S/C70H120O6/c1-4-7-10-13-16-19-22-25-28-29-30-31-32-33-34-35-36-37-38-39-40-41-43-45-48-51-54-57-60-63-69(72)75-66-67(65-74-68(71)62-59-56-53-50-47-44-27-24-21-18-15-12-9-6-3)76-70(73)64-61-58-55-52-49-46-42-26-23-20-17-14-11-8-5-2/h7,10,16,19,24-25,27-28,30-31,33-34,36-37,39-40,67H,4-6,8-9,11-15,17-18,20-23,26,29,32,35,38,41-66H2,1-3H3/b10-7-,19-16-,27-24-,28-25-,31-30-,34-33-,37-36-,40-39-. The number of carbonyl (C=O) groups excluding carboxylic acids is 3. The summed E-state index contributed by atoms with van der Waals surface area (Å²) < 4.78 is 16.9. The van der Waals surface area contributed by atoms with Gasteiger partial charge < -0.3 is 14.2 Å². The second-order valence-electron chi connectivity index (χ2n) is 21.3. The van der Waals surface area contributed by atoms with Gasteiger partial charge in [0.1, 0.15) is 13.2 Å². The molecule has 0 rings (SSSR count). The van der Waals surface area contributed by atoms with Crippen molar-refractivity contribution in [2.24, 2.45) is 0 Å². The van der Waals surface area contributed by atoms with Gasteiger partial charge in [-0.3, -0.25) is 14.4 Å². The van der Waals surface area contributed by atoms with Crippen molar-refractivity contribution in [2.75, 3.05) is 13.2 Å². The summed E-state index contributed by atoms with van der Waals surface area (Å²) in [6.45, 7) is 6.53. The Morgan fingerprint density at radius 3 is 0.816 bits per heavy atom. The van der Waals surface area contributed by atoms with Crippen molar-refractivity contribution in [1.82, 2.24) is 0 Å². The summed E-state index contributed by atoms with van der Waals surface area (Å²) in [4.78, 5) is 38.3. The Balaban J connectivity index is 4.31. The van der Waals surface area contributed by atoms with E-state index in [-0.39, 0.29) is 31.1 Å².